The van der Waals surface area contributed by atoms with E-state index in [0.717, 1.165) is 63.1 Å². The van der Waals surface area contributed by atoms with Crippen molar-refractivity contribution >= 4 is 17.8 Å². The van der Waals surface area contributed by atoms with Crippen molar-refractivity contribution in [1.82, 2.24) is 14.9 Å². The molecule has 1 aliphatic carbocycles. The molecule has 1 saturated carbocycles. The van der Waals surface area contributed by atoms with Gasteiger partial charge in [-0.1, -0.05) is 6.42 Å². The third-order valence-corrected chi connectivity index (χ3v) is 6.18. The molecule has 3 aliphatic rings. The van der Waals surface area contributed by atoms with E-state index in [1.54, 1.807) is 11.8 Å². The normalized spacial score (nSPS) is 23.0. The molecule has 3 heterocycles. The second-order valence-electron chi connectivity index (χ2n) is 8.20. The maximum absolute atomic E-state index is 12.6. The van der Waals surface area contributed by atoms with Crippen LogP contribution in [0.15, 0.2) is 6.07 Å². The number of hydrogen-bond acceptors (Lipinski definition) is 5. The van der Waals surface area contributed by atoms with Gasteiger partial charge in [-0.05, 0) is 45.4 Å². The summed E-state index contributed by atoms with van der Waals surface area (Å²) in [4.78, 5) is 37.1. The van der Waals surface area contributed by atoms with Gasteiger partial charge in [0.15, 0.2) is 0 Å². The Labute approximate surface area is 160 Å². The minimum absolute atomic E-state index is 0.122. The van der Waals surface area contributed by atoms with Crippen molar-refractivity contribution in [2.24, 2.45) is 0 Å². The van der Waals surface area contributed by atoms with Gasteiger partial charge in [0, 0.05) is 37.7 Å². The molecular formula is C20H28N4O3. The summed E-state index contributed by atoms with van der Waals surface area (Å²) >= 11 is 0. The number of ether oxygens (including phenoxy) is 1. The van der Waals surface area contributed by atoms with E-state index in [0.29, 0.717) is 12.4 Å². The summed E-state index contributed by atoms with van der Waals surface area (Å²) in [6.07, 6.45) is 6.76. The first-order valence-corrected chi connectivity index (χ1v) is 10.1. The minimum atomic E-state index is -0.332. The van der Waals surface area contributed by atoms with Crippen LogP contribution >= 0.6 is 0 Å². The van der Waals surface area contributed by atoms with Gasteiger partial charge in [-0.25, -0.2) is 14.8 Å². The second kappa shape index (κ2) is 7.09. The fraction of sp³-hybridized carbons (Fsp3) is 0.700. The van der Waals surface area contributed by atoms with Gasteiger partial charge in [0.05, 0.1) is 6.54 Å². The van der Waals surface area contributed by atoms with Crippen LogP contribution in [0.4, 0.5) is 10.6 Å². The van der Waals surface area contributed by atoms with E-state index in [2.05, 4.69) is 4.98 Å². The highest BCUT2D eigenvalue weighted by Gasteiger charge is 2.46. The first-order valence-electron chi connectivity index (χ1n) is 10.1. The topological polar surface area (TPSA) is 75.6 Å². The Hall–Kier alpha value is -2.18. The highest BCUT2D eigenvalue weighted by Crippen LogP contribution is 2.38. The Morgan fingerprint density at radius 1 is 1.19 bits per heavy atom. The number of nitrogens with zero attached hydrogens (tertiary/aromatic N) is 4. The summed E-state index contributed by atoms with van der Waals surface area (Å²) in [5, 5.41) is 0. The predicted molar refractivity (Wildman–Crippen MR) is 101 cm³/mol. The number of amides is 2. The van der Waals surface area contributed by atoms with Crippen LogP contribution < -0.4 is 4.90 Å². The number of rotatable bonds is 2. The molecule has 7 nitrogen and oxygen atoms in total. The summed E-state index contributed by atoms with van der Waals surface area (Å²) in [5.41, 5.74) is 0.530. The van der Waals surface area contributed by atoms with Crippen LogP contribution in [0.2, 0.25) is 0 Å². The molecule has 0 unspecified atom stereocenters. The first-order chi connectivity index (χ1) is 13.0. The third-order valence-electron chi connectivity index (χ3n) is 6.18. The van der Waals surface area contributed by atoms with Crippen molar-refractivity contribution in [2.45, 2.75) is 70.3 Å². The second-order valence-corrected chi connectivity index (χ2v) is 8.20. The van der Waals surface area contributed by atoms with E-state index in [1.807, 2.05) is 17.9 Å². The number of aromatic nitrogens is 2. The Balaban J connectivity index is 1.53. The molecular weight excluding hydrogens is 344 g/mol. The predicted octanol–water partition coefficient (Wildman–Crippen LogP) is 3.17. The summed E-state index contributed by atoms with van der Waals surface area (Å²) in [6, 6.07) is 1.87. The number of hydrogen-bond donors (Lipinski definition) is 0. The largest absolute Gasteiger partial charge is 0.441 e. The van der Waals surface area contributed by atoms with Crippen molar-refractivity contribution in [1.29, 1.82) is 0 Å². The number of piperidine rings is 1. The Morgan fingerprint density at radius 3 is 2.56 bits per heavy atom. The molecule has 2 aliphatic heterocycles. The lowest BCUT2D eigenvalue weighted by Gasteiger charge is -2.31. The molecule has 0 N–H and O–H groups in total. The molecule has 0 radical (unpaired) electrons. The first kappa shape index (κ1) is 18.2. The fourth-order valence-electron chi connectivity index (χ4n) is 4.60. The summed E-state index contributed by atoms with van der Waals surface area (Å²) in [5.74, 6) is 1.78. The van der Waals surface area contributed by atoms with E-state index in [-0.39, 0.29) is 23.5 Å². The smallest absolute Gasteiger partial charge is 0.416 e. The van der Waals surface area contributed by atoms with Gasteiger partial charge in [0.1, 0.15) is 17.2 Å². The van der Waals surface area contributed by atoms with Crippen LogP contribution in [-0.2, 0) is 9.53 Å². The molecule has 4 rings (SSSR count). The molecule has 3 fully saturated rings. The van der Waals surface area contributed by atoms with E-state index in [1.165, 1.54) is 6.42 Å². The third kappa shape index (κ3) is 3.64. The van der Waals surface area contributed by atoms with Crippen LogP contribution in [0, 0.1) is 6.92 Å². The Morgan fingerprint density at radius 2 is 1.89 bits per heavy atom. The lowest BCUT2D eigenvalue weighted by atomic mass is 9.85. The molecule has 1 spiro atoms. The molecule has 2 amide bonds. The highest BCUT2D eigenvalue weighted by molar-refractivity contribution is 5.89. The number of anilines is 1. The van der Waals surface area contributed by atoms with Crippen molar-refractivity contribution < 1.29 is 14.3 Å². The van der Waals surface area contributed by atoms with Gasteiger partial charge < -0.3 is 9.64 Å². The van der Waals surface area contributed by atoms with E-state index >= 15 is 0 Å². The van der Waals surface area contributed by atoms with Crippen molar-refractivity contribution in [3.8, 4) is 0 Å². The lowest BCUT2D eigenvalue weighted by molar-refractivity contribution is -0.129. The minimum Gasteiger partial charge on any atom is -0.441 e. The molecule has 27 heavy (non-hydrogen) atoms. The summed E-state index contributed by atoms with van der Waals surface area (Å²) in [7, 11) is 0. The molecule has 146 valence electrons. The molecule has 1 aromatic heterocycles. The molecule has 0 atom stereocenters. The Kier molecular flexibility index (Phi) is 4.78. The summed E-state index contributed by atoms with van der Waals surface area (Å²) in [6.45, 7) is 5.62. The van der Waals surface area contributed by atoms with Crippen molar-refractivity contribution in [3.63, 3.8) is 0 Å². The highest BCUT2D eigenvalue weighted by atomic mass is 16.6. The van der Waals surface area contributed by atoms with Crippen molar-refractivity contribution in [3.05, 3.63) is 17.6 Å². The monoisotopic (exact) mass is 372 g/mol. The van der Waals surface area contributed by atoms with Crippen LogP contribution in [0.25, 0.3) is 0 Å². The van der Waals surface area contributed by atoms with Crippen LogP contribution in [0.1, 0.15) is 69.3 Å². The lowest BCUT2D eigenvalue weighted by Crippen LogP contribution is -2.37. The maximum atomic E-state index is 12.6. The number of carbonyl (C=O) groups excluding carboxylic acids is 2. The average molecular weight is 372 g/mol. The van der Waals surface area contributed by atoms with Gasteiger partial charge in [0.25, 0.3) is 0 Å². The van der Waals surface area contributed by atoms with Crippen molar-refractivity contribution in [2.75, 3.05) is 24.5 Å². The quantitative estimate of drug-likeness (QED) is 0.797. The van der Waals surface area contributed by atoms with Gasteiger partial charge >= 0.3 is 6.09 Å². The molecule has 7 heteroatoms. The van der Waals surface area contributed by atoms with E-state index in [4.69, 9.17) is 9.72 Å². The molecule has 1 aromatic rings. The number of carbonyl (C=O) groups is 2. The summed E-state index contributed by atoms with van der Waals surface area (Å²) < 4.78 is 5.80. The van der Waals surface area contributed by atoms with Gasteiger partial charge in [-0.3, -0.25) is 9.69 Å². The fourth-order valence-corrected chi connectivity index (χ4v) is 4.60. The van der Waals surface area contributed by atoms with Crippen LogP contribution in [-0.4, -0.2) is 52.1 Å². The SMILES string of the molecule is CC(=O)N1CCC(c2nc(C)cc(N3CC4(CCCCC4)OC3=O)n2)CC1. The standard InChI is InChI=1S/C20H28N4O3/c1-14-12-17(24-13-20(27-19(24)26)8-4-3-5-9-20)22-18(21-14)16-6-10-23(11-7-16)15(2)25/h12,16H,3-11,13H2,1-2H3. The van der Waals surface area contributed by atoms with E-state index < -0.39 is 0 Å². The number of aryl methyl sites for hydroxylation is 1. The molecule has 0 aromatic carbocycles. The van der Waals surface area contributed by atoms with E-state index in [9.17, 15) is 9.59 Å². The zero-order valence-corrected chi connectivity index (χ0v) is 16.2. The number of likely N-dealkylation sites (tertiary alicyclic amines) is 1. The Bertz CT molecular complexity index is 737. The van der Waals surface area contributed by atoms with Gasteiger partial charge in [-0.15, -0.1) is 0 Å². The zero-order chi connectivity index (χ0) is 19.0. The van der Waals surface area contributed by atoms with Crippen LogP contribution in [0.5, 0.6) is 0 Å². The maximum Gasteiger partial charge on any atom is 0.416 e. The average Bonchev–Trinajstić information content (AvgIpc) is 2.97. The van der Waals surface area contributed by atoms with Gasteiger partial charge in [-0.2, -0.15) is 0 Å². The zero-order valence-electron chi connectivity index (χ0n) is 16.2. The van der Waals surface area contributed by atoms with Gasteiger partial charge in [0.2, 0.25) is 5.91 Å². The molecule has 2 saturated heterocycles. The molecule has 0 bridgehead atoms. The van der Waals surface area contributed by atoms with Crippen LogP contribution in [0.3, 0.4) is 0 Å².